The van der Waals surface area contributed by atoms with E-state index in [9.17, 15) is 26.3 Å². The first-order valence-electron chi connectivity index (χ1n) is 7.97. The minimum absolute atomic E-state index is 0.0545. The number of hydrogen-bond acceptors (Lipinski definition) is 3. The summed E-state index contributed by atoms with van der Waals surface area (Å²) in [6.45, 7) is 0. The van der Waals surface area contributed by atoms with Crippen LogP contribution >= 0.6 is 0 Å². The van der Waals surface area contributed by atoms with Crippen molar-refractivity contribution in [1.82, 2.24) is 15.4 Å². The van der Waals surface area contributed by atoms with E-state index in [1.807, 2.05) is 6.07 Å². The summed E-state index contributed by atoms with van der Waals surface area (Å²) in [7, 11) is 0. The summed E-state index contributed by atoms with van der Waals surface area (Å²) in [5, 5.41) is 18.8. The number of halogens is 6. The van der Waals surface area contributed by atoms with Crippen LogP contribution in [-0.2, 0) is 12.4 Å². The van der Waals surface area contributed by atoms with Crippen LogP contribution in [-0.4, -0.2) is 15.4 Å². The maximum absolute atomic E-state index is 12.9. The highest BCUT2D eigenvalue weighted by atomic mass is 19.4. The van der Waals surface area contributed by atoms with Crippen molar-refractivity contribution in [1.29, 1.82) is 5.26 Å². The molecule has 0 bridgehead atoms. The standard InChI is InChI=1S/C19H10F6N4/c20-18(21,22)14-7-12(8-15(9-14)19(23,24)25)5-4-11-2-1-3-13(6-11)17-16(10-26)27-29-28-17/h1-9H,(H,27,28,29)/b5-4+. The molecule has 0 aliphatic carbocycles. The van der Waals surface area contributed by atoms with Crippen molar-refractivity contribution in [2.75, 3.05) is 0 Å². The Balaban J connectivity index is 1.98. The quantitative estimate of drug-likeness (QED) is 0.456. The average Bonchev–Trinajstić information content (AvgIpc) is 3.14. The third-order valence-electron chi connectivity index (χ3n) is 3.89. The Morgan fingerprint density at radius 2 is 1.45 bits per heavy atom. The van der Waals surface area contributed by atoms with Crippen molar-refractivity contribution in [2.24, 2.45) is 0 Å². The zero-order chi connectivity index (χ0) is 21.2. The maximum Gasteiger partial charge on any atom is 0.416 e. The fraction of sp³-hybridized carbons (Fsp3) is 0.105. The first-order chi connectivity index (χ1) is 13.6. The van der Waals surface area contributed by atoms with Gasteiger partial charge in [-0.25, -0.2) is 0 Å². The van der Waals surface area contributed by atoms with Crippen molar-refractivity contribution >= 4 is 12.2 Å². The van der Waals surface area contributed by atoms with Crippen LogP contribution in [0.1, 0.15) is 27.9 Å². The summed E-state index contributed by atoms with van der Waals surface area (Å²) in [5.41, 5.74) is -1.70. The fourth-order valence-corrected chi connectivity index (χ4v) is 2.57. The molecule has 3 aromatic rings. The van der Waals surface area contributed by atoms with Gasteiger partial charge in [-0.05, 0) is 35.4 Å². The van der Waals surface area contributed by atoms with E-state index < -0.39 is 23.5 Å². The van der Waals surface area contributed by atoms with E-state index in [1.54, 1.807) is 24.3 Å². The van der Waals surface area contributed by atoms with Gasteiger partial charge in [-0.15, -0.1) is 5.10 Å². The molecule has 148 valence electrons. The lowest BCUT2D eigenvalue weighted by atomic mass is 10.0. The average molecular weight is 408 g/mol. The van der Waals surface area contributed by atoms with Crippen molar-refractivity contribution < 1.29 is 26.3 Å². The Labute approximate surface area is 160 Å². The van der Waals surface area contributed by atoms with Gasteiger partial charge in [0.2, 0.25) is 0 Å². The Bertz CT molecular complexity index is 1070. The van der Waals surface area contributed by atoms with Crippen LogP contribution in [0.25, 0.3) is 23.4 Å². The third-order valence-corrected chi connectivity index (χ3v) is 3.89. The summed E-state index contributed by atoms with van der Waals surface area (Å²) in [5.74, 6) is 0. The molecule has 2 aromatic carbocycles. The molecule has 0 fully saturated rings. The van der Waals surface area contributed by atoms with Gasteiger partial charge in [0, 0.05) is 5.56 Å². The Kier molecular flexibility index (Phi) is 5.16. The molecule has 0 saturated heterocycles. The zero-order valence-corrected chi connectivity index (χ0v) is 14.3. The molecule has 0 spiro atoms. The topological polar surface area (TPSA) is 65.4 Å². The summed E-state index contributed by atoms with van der Waals surface area (Å²) >= 11 is 0. The second-order valence-electron chi connectivity index (χ2n) is 5.93. The van der Waals surface area contributed by atoms with E-state index in [0.717, 1.165) is 6.08 Å². The van der Waals surface area contributed by atoms with Crippen molar-refractivity contribution in [3.8, 4) is 17.3 Å². The predicted octanol–water partition coefficient (Wildman–Crippen LogP) is 5.55. The molecule has 4 nitrogen and oxygen atoms in total. The summed E-state index contributed by atoms with van der Waals surface area (Å²) in [6.07, 6.45) is -7.31. The molecule has 29 heavy (non-hydrogen) atoms. The first kappa shape index (κ1) is 20.1. The molecule has 0 aliphatic rings. The van der Waals surface area contributed by atoms with E-state index in [2.05, 4.69) is 15.4 Å². The van der Waals surface area contributed by atoms with E-state index in [0.29, 0.717) is 23.3 Å². The van der Waals surface area contributed by atoms with Gasteiger partial charge in [-0.1, -0.05) is 30.4 Å². The lowest BCUT2D eigenvalue weighted by Crippen LogP contribution is -2.11. The molecule has 10 heteroatoms. The van der Waals surface area contributed by atoms with Crippen LogP contribution in [0, 0.1) is 11.3 Å². The molecule has 0 unspecified atom stereocenters. The molecule has 1 aromatic heterocycles. The molecule has 1 heterocycles. The van der Waals surface area contributed by atoms with E-state index in [4.69, 9.17) is 5.26 Å². The number of alkyl halides is 6. The number of H-pyrrole nitrogens is 1. The Hall–Kier alpha value is -3.61. The molecular formula is C19H10F6N4. The monoisotopic (exact) mass is 408 g/mol. The van der Waals surface area contributed by atoms with Crippen LogP contribution in [0.3, 0.4) is 0 Å². The summed E-state index contributed by atoms with van der Waals surface area (Å²) < 4.78 is 77.7. The fourth-order valence-electron chi connectivity index (χ4n) is 2.57. The van der Waals surface area contributed by atoms with Crippen molar-refractivity contribution in [3.63, 3.8) is 0 Å². The number of rotatable bonds is 3. The van der Waals surface area contributed by atoms with Gasteiger partial charge in [0.05, 0.1) is 11.1 Å². The SMILES string of the molecule is N#Cc1n[nH]nc1-c1cccc(/C=C/c2cc(C(F)(F)F)cc(C(F)(F)F)c2)c1. The number of nitrogens with one attached hydrogen (secondary N) is 1. The molecule has 0 aliphatic heterocycles. The normalized spacial score (nSPS) is 12.3. The number of nitrogens with zero attached hydrogens (tertiary/aromatic N) is 3. The van der Waals surface area contributed by atoms with Gasteiger partial charge in [-0.3, -0.25) is 0 Å². The van der Waals surface area contributed by atoms with Crippen LogP contribution in [0.2, 0.25) is 0 Å². The minimum Gasteiger partial charge on any atom is -0.196 e. The largest absolute Gasteiger partial charge is 0.416 e. The molecular weight excluding hydrogens is 398 g/mol. The second kappa shape index (κ2) is 7.43. The first-order valence-corrected chi connectivity index (χ1v) is 7.97. The van der Waals surface area contributed by atoms with Crippen molar-refractivity contribution in [3.05, 3.63) is 70.4 Å². The lowest BCUT2D eigenvalue weighted by molar-refractivity contribution is -0.143. The predicted molar refractivity (Wildman–Crippen MR) is 91.9 cm³/mol. The Morgan fingerprint density at radius 1 is 0.828 bits per heavy atom. The Morgan fingerprint density at radius 3 is 2.03 bits per heavy atom. The van der Waals surface area contributed by atoms with Gasteiger partial charge in [0.15, 0.2) is 5.69 Å². The summed E-state index contributed by atoms with van der Waals surface area (Å²) in [4.78, 5) is 0. The second-order valence-corrected chi connectivity index (χ2v) is 5.93. The van der Waals surface area contributed by atoms with E-state index in [1.165, 1.54) is 6.08 Å². The number of hydrogen-bond donors (Lipinski definition) is 1. The number of nitriles is 1. The highest BCUT2D eigenvalue weighted by Crippen LogP contribution is 2.36. The number of aromatic amines is 1. The van der Waals surface area contributed by atoms with Gasteiger partial charge in [-0.2, -0.15) is 41.9 Å². The molecule has 0 radical (unpaired) electrons. The van der Waals surface area contributed by atoms with Gasteiger partial charge >= 0.3 is 12.4 Å². The lowest BCUT2D eigenvalue weighted by Gasteiger charge is -2.13. The third kappa shape index (κ3) is 4.63. The van der Waals surface area contributed by atoms with E-state index in [-0.39, 0.29) is 23.0 Å². The number of benzene rings is 2. The van der Waals surface area contributed by atoms with Crippen LogP contribution in [0.4, 0.5) is 26.3 Å². The highest BCUT2D eigenvalue weighted by molar-refractivity contribution is 5.74. The molecule has 0 atom stereocenters. The molecule has 0 amide bonds. The van der Waals surface area contributed by atoms with Crippen LogP contribution in [0.15, 0.2) is 42.5 Å². The molecule has 3 rings (SSSR count). The van der Waals surface area contributed by atoms with Crippen molar-refractivity contribution in [2.45, 2.75) is 12.4 Å². The van der Waals surface area contributed by atoms with Gasteiger partial charge < -0.3 is 0 Å². The zero-order valence-electron chi connectivity index (χ0n) is 14.3. The highest BCUT2D eigenvalue weighted by Gasteiger charge is 2.36. The van der Waals surface area contributed by atoms with Crippen LogP contribution < -0.4 is 0 Å². The summed E-state index contributed by atoms with van der Waals surface area (Å²) in [6, 6.07) is 9.64. The van der Waals surface area contributed by atoms with Gasteiger partial charge in [0.25, 0.3) is 0 Å². The number of aromatic nitrogens is 3. The van der Waals surface area contributed by atoms with Crippen LogP contribution in [0.5, 0.6) is 0 Å². The molecule has 0 saturated carbocycles. The molecule has 1 N–H and O–H groups in total. The van der Waals surface area contributed by atoms with Gasteiger partial charge in [0.1, 0.15) is 11.8 Å². The smallest absolute Gasteiger partial charge is 0.196 e. The maximum atomic E-state index is 12.9. The van der Waals surface area contributed by atoms with E-state index >= 15 is 0 Å². The minimum atomic E-state index is -4.91.